The Balaban J connectivity index is 1.32. The quantitative estimate of drug-likeness (QED) is 0.140. The lowest BCUT2D eigenvalue weighted by Crippen LogP contribution is -2.19. The molecule has 0 bridgehead atoms. The molecule has 1 atom stereocenters. The summed E-state index contributed by atoms with van der Waals surface area (Å²) < 4.78 is 16.6. The molecule has 1 aromatic heterocycles. The molecule has 1 saturated carbocycles. The average Bonchev–Trinajstić information content (AvgIpc) is 3.53. The number of methoxy groups -OCH3 is 1. The summed E-state index contributed by atoms with van der Waals surface area (Å²) in [4.78, 5) is 22.1. The van der Waals surface area contributed by atoms with Crippen molar-refractivity contribution in [2.24, 2.45) is 15.9 Å². The number of benzene rings is 2. The van der Waals surface area contributed by atoms with Gasteiger partial charge in [0.1, 0.15) is 35.2 Å². The largest absolute Gasteiger partial charge is 0.489 e. The van der Waals surface area contributed by atoms with Crippen LogP contribution in [-0.2, 0) is 21.0 Å². The molecule has 5 rings (SSSR count). The van der Waals surface area contributed by atoms with Gasteiger partial charge in [-0.15, -0.1) is 0 Å². The summed E-state index contributed by atoms with van der Waals surface area (Å²) in [7, 11) is 1.26. The summed E-state index contributed by atoms with van der Waals surface area (Å²) in [6.45, 7) is 4.01. The van der Waals surface area contributed by atoms with Gasteiger partial charge in [-0.25, -0.2) is 4.79 Å². The number of aromatic nitrogens is 1. The molecule has 1 aliphatic heterocycles. The van der Waals surface area contributed by atoms with Crippen molar-refractivity contribution in [3.8, 4) is 17.0 Å². The van der Waals surface area contributed by atoms with Crippen molar-refractivity contribution < 1.29 is 23.6 Å². The normalized spacial score (nSPS) is 17.3. The van der Waals surface area contributed by atoms with Crippen molar-refractivity contribution in [3.63, 3.8) is 0 Å². The number of aliphatic imine (C=N–C) groups is 1. The van der Waals surface area contributed by atoms with Crippen molar-refractivity contribution in [1.82, 2.24) is 5.16 Å². The third-order valence-electron chi connectivity index (χ3n) is 6.74. The smallest absolute Gasteiger partial charge is 0.353 e. The van der Waals surface area contributed by atoms with Gasteiger partial charge in [0.25, 0.3) is 0 Å². The predicted octanol–water partition coefficient (Wildman–Crippen LogP) is 7.44. The highest BCUT2D eigenvalue weighted by Gasteiger charge is 2.34. The van der Waals surface area contributed by atoms with Crippen molar-refractivity contribution in [3.05, 3.63) is 80.1 Å². The number of ether oxygens (including phenoxy) is 2. The number of nitrogens with zero attached hydrogens (tertiary/aromatic N) is 3. The van der Waals surface area contributed by atoms with E-state index in [4.69, 9.17) is 59.4 Å². The summed E-state index contributed by atoms with van der Waals surface area (Å²) in [5.41, 5.74) is 9.48. The third kappa shape index (κ3) is 6.59. The molecule has 1 fully saturated rings. The van der Waals surface area contributed by atoms with E-state index in [1.807, 2.05) is 26.0 Å². The Bertz CT molecular complexity index is 1570. The topological polar surface area (TPSA) is 122 Å². The Morgan fingerprint density at radius 3 is 2.55 bits per heavy atom. The Morgan fingerprint density at radius 1 is 1.17 bits per heavy atom. The lowest BCUT2D eigenvalue weighted by molar-refractivity contribution is -0.136. The van der Waals surface area contributed by atoms with Gasteiger partial charge in [0.2, 0.25) is 0 Å². The monoisotopic (exact) mass is 630 g/mol. The standard InChI is InChI=1S/C30H29Cl3N4O5/c1-15(2)35-24(12-23(34)30(38)39-3)25-13-26(41-36-25)18-10-9-17(11-22(18)33)40-14-19-28(37-42-29(19)16-7-8-16)27-20(31)5-4-6-21(27)32/h4-6,9-12,15-16,26H,7-8,13-14,34H2,1-3H3. The molecule has 0 saturated heterocycles. The van der Waals surface area contributed by atoms with Crippen LogP contribution in [0.4, 0.5) is 0 Å². The Morgan fingerprint density at radius 2 is 1.90 bits per heavy atom. The fourth-order valence-corrected chi connectivity index (χ4v) is 5.42. The first-order valence-corrected chi connectivity index (χ1v) is 14.5. The van der Waals surface area contributed by atoms with Crippen LogP contribution in [-0.4, -0.2) is 35.7 Å². The van der Waals surface area contributed by atoms with E-state index in [9.17, 15) is 4.79 Å². The summed E-state index contributed by atoms with van der Waals surface area (Å²) in [6.07, 6.45) is 3.42. The van der Waals surface area contributed by atoms with E-state index in [0.717, 1.165) is 29.7 Å². The molecule has 1 unspecified atom stereocenters. The molecule has 2 aliphatic rings. The summed E-state index contributed by atoms with van der Waals surface area (Å²) in [6, 6.07) is 10.6. The first kappa shape index (κ1) is 29.9. The maximum absolute atomic E-state index is 11.8. The van der Waals surface area contributed by atoms with Gasteiger partial charge in [-0.3, -0.25) is 4.99 Å². The third-order valence-corrected chi connectivity index (χ3v) is 7.70. The van der Waals surface area contributed by atoms with Crippen molar-refractivity contribution in [2.75, 3.05) is 7.11 Å². The molecule has 42 heavy (non-hydrogen) atoms. The lowest BCUT2D eigenvalue weighted by Gasteiger charge is -2.13. The van der Waals surface area contributed by atoms with Gasteiger partial charge in [-0.05, 0) is 57.0 Å². The second kappa shape index (κ2) is 12.8. The number of carbonyl (C=O) groups excluding carboxylic acids is 1. The lowest BCUT2D eigenvalue weighted by atomic mass is 10.0. The van der Waals surface area contributed by atoms with Gasteiger partial charge < -0.3 is 24.6 Å². The Labute approximate surface area is 258 Å². The van der Waals surface area contributed by atoms with Crippen LogP contribution in [0.1, 0.15) is 62.0 Å². The number of hydrogen-bond acceptors (Lipinski definition) is 9. The van der Waals surface area contributed by atoms with Crippen molar-refractivity contribution in [2.45, 2.75) is 57.8 Å². The average molecular weight is 632 g/mol. The molecule has 3 aromatic rings. The molecule has 0 spiro atoms. The van der Waals surface area contributed by atoms with E-state index in [0.29, 0.717) is 55.8 Å². The van der Waals surface area contributed by atoms with Crippen molar-refractivity contribution >= 4 is 52.2 Å². The van der Waals surface area contributed by atoms with E-state index in [-0.39, 0.29) is 18.3 Å². The highest BCUT2D eigenvalue weighted by Crippen LogP contribution is 2.46. The van der Waals surface area contributed by atoms with Gasteiger partial charge in [-0.2, -0.15) is 0 Å². The fraction of sp³-hybridized carbons (Fsp3) is 0.333. The number of carbonyl (C=O) groups is 1. The first-order chi connectivity index (χ1) is 20.2. The van der Waals surface area contributed by atoms with Crippen molar-refractivity contribution in [1.29, 1.82) is 0 Å². The van der Waals surface area contributed by atoms with Crippen LogP contribution in [0.25, 0.3) is 11.3 Å². The van der Waals surface area contributed by atoms with Crippen LogP contribution >= 0.6 is 34.8 Å². The van der Waals surface area contributed by atoms with Gasteiger partial charge in [0, 0.05) is 29.5 Å². The maximum atomic E-state index is 11.8. The minimum Gasteiger partial charge on any atom is -0.489 e. The van der Waals surface area contributed by atoms with E-state index >= 15 is 0 Å². The summed E-state index contributed by atoms with van der Waals surface area (Å²) >= 11 is 19.6. The van der Waals surface area contributed by atoms with E-state index < -0.39 is 12.1 Å². The van der Waals surface area contributed by atoms with Gasteiger partial charge in [-0.1, -0.05) is 57.2 Å². The van der Waals surface area contributed by atoms with Gasteiger partial charge in [0.15, 0.2) is 6.10 Å². The molecule has 1 aliphatic carbocycles. The van der Waals surface area contributed by atoms with Crippen LogP contribution in [0.15, 0.2) is 62.8 Å². The SMILES string of the molecule is COC(=O)C(N)=CC(=NC(C)C)C1=NOC(c2ccc(OCc3c(-c4c(Cl)cccc4Cl)noc3C3CC3)cc2Cl)C1. The summed E-state index contributed by atoms with van der Waals surface area (Å²) in [5.74, 6) is 0.984. The molecule has 0 amide bonds. The second-order valence-corrected chi connectivity index (χ2v) is 11.5. The zero-order valence-electron chi connectivity index (χ0n) is 23.2. The molecule has 2 heterocycles. The van der Waals surface area contributed by atoms with E-state index in [1.54, 1.807) is 24.3 Å². The Kier molecular flexibility index (Phi) is 9.11. The van der Waals surface area contributed by atoms with Gasteiger partial charge >= 0.3 is 5.97 Å². The van der Waals surface area contributed by atoms with Gasteiger partial charge in [0.05, 0.1) is 33.5 Å². The molecule has 220 valence electrons. The number of nitrogens with two attached hydrogens (primary N) is 1. The van der Waals surface area contributed by atoms with E-state index in [1.165, 1.54) is 13.2 Å². The number of allylic oxidation sites excluding steroid dienone is 1. The number of hydrogen-bond donors (Lipinski definition) is 1. The molecule has 2 N–H and O–H groups in total. The van der Waals surface area contributed by atoms with Crippen LogP contribution in [0.5, 0.6) is 5.75 Å². The molecule has 9 nitrogen and oxygen atoms in total. The molecule has 12 heteroatoms. The minimum atomic E-state index is -0.654. The first-order valence-electron chi connectivity index (χ1n) is 13.4. The second-order valence-electron chi connectivity index (χ2n) is 10.3. The number of rotatable bonds is 10. The fourth-order valence-electron chi connectivity index (χ4n) is 4.56. The van der Waals surface area contributed by atoms with Crippen LogP contribution in [0, 0.1) is 0 Å². The number of halogens is 3. The molecule has 2 aromatic carbocycles. The molecular formula is C30H29Cl3N4O5. The van der Waals surface area contributed by atoms with Crippen LogP contribution in [0.2, 0.25) is 15.1 Å². The zero-order valence-corrected chi connectivity index (χ0v) is 25.5. The predicted molar refractivity (Wildman–Crippen MR) is 162 cm³/mol. The number of oxime groups is 1. The molecule has 0 radical (unpaired) electrons. The zero-order chi connectivity index (χ0) is 30.0. The van der Waals surface area contributed by atoms with Crippen LogP contribution in [0.3, 0.4) is 0 Å². The molecular weight excluding hydrogens is 603 g/mol. The Hall–Kier alpha value is -3.53. The minimum absolute atomic E-state index is 0.0659. The maximum Gasteiger partial charge on any atom is 0.353 e. The number of esters is 1. The van der Waals surface area contributed by atoms with E-state index in [2.05, 4.69) is 15.3 Å². The summed E-state index contributed by atoms with van der Waals surface area (Å²) in [5, 5.41) is 9.93. The highest BCUT2D eigenvalue weighted by molar-refractivity contribution is 6.47. The van der Waals surface area contributed by atoms with Crippen LogP contribution < -0.4 is 10.5 Å². The highest BCUT2D eigenvalue weighted by atomic mass is 35.5.